The van der Waals surface area contributed by atoms with E-state index in [1.54, 1.807) is 0 Å². The van der Waals surface area contributed by atoms with Crippen molar-refractivity contribution in [2.24, 2.45) is 12.5 Å². The molecular weight excluding hydrogens is 386 g/mol. The van der Waals surface area contributed by atoms with Gasteiger partial charge in [-0.1, -0.05) is 0 Å². The molecular formula is C21H31N5O2S. The van der Waals surface area contributed by atoms with Gasteiger partial charge in [-0.05, 0) is 51.5 Å². The lowest BCUT2D eigenvalue weighted by Crippen LogP contribution is -2.54. The van der Waals surface area contributed by atoms with Crippen molar-refractivity contribution in [3.8, 4) is 0 Å². The molecule has 1 atom stereocenters. The van der Waals surface area contributed by atoms with E-state index < -0.39 is 0 Å². The number of hydrogen-bond donors (Lipinski definition) is 1. The fourth-order valence-electron chi connectivity index (χ4n) is 5.05. The Morgan fingerprint density at radius 1 is 1.31 bits per heavy atom. The van der Waals surface area contributed by atoms with E-state index in [0.29, 0.717) is 6.54 Å². The Morgan fingerprint density at radius 2 is 2.03 bits per heavy atom. The number of piperidine rings is 2. The monoisotopic (exact) mass is 417 g/mol. The molecule has 1 N–H and O–H groups in total. The first kappa shape index (κ1) is 20.5. The molecule has 0 bridgehead atoms. The molecule has 2 aliphatic rings. The van der Waals surface area contributed by atoms with Crippen LogP contribution in [0.5, 0.6) is 0 Å². The van der Waals surface area contributed by atoms with Crippen LogP contribution in [-0.2, 0) is 13.6 Å². The summed E-state index contributed by atoms with van der Waals surface area (Å²) in [6.07, 6.45) is 2.39. The zero-order valence-electron chi connectivity index (χ0n) is 17.8. The molecule has 4 rings (SSSR count). The summed E-state index contributed by atoms with van der Waals surface area (Å²) < 4.78 is 1.93. The smallest absolute Gasteiger partial charge is 0.265 e. The average Bonchev–Trinajstić information content (AvgIpc) is 3.14. The number of β-amino-alcohol motifs (C(OH)–C–C–N with tert-alkyl or cyclic N) is 1. The molecule has 1 amide bonds. The van der Waals surface area contributed by atoms with Crippen LogP contribution >= 0.6 is 11.3 Å². The van der Waals surface area contributed by atoms with Crippen LogP contribution in [0.15, 0.2) is 6.07 Å². The van der Waals surface area contributed by atoms with Crippen molar-refractivity contribution in [1.82, 2.24) is 24.6 Å². The quantitative estimate of drug-likeness (QED) is 0.829. The molecule has 29 heavy (non-hydrogen) atoms. The van der Waals surface area contributed by atoms with Crippen molar-refractivity contribution in [3.63, 3.8) is 0 Å². The first-order valence-electron chi connectivity index (χ1n) is 10.4. The van der Waals surface area contributed by atoms with E-state index in [9.17, 15) is 9.90 Å². The number of carbonyl (C=O) groups excluding carboxylic acids is 1. The van der Waals surface area contributed by atoms with Gasteiger partial charge in [0.2, 0.25) is 0 Å². The van der Waals surface area contributed by atoms with Gasteiger partial charge in [0.25, 0.3) is 5.91 Å². The topological polar surface area (TPSA) is 74.5 Å². The number of aliphatic hydroxyl groups excluding tert-OH is 1. The molecule has 2 fully saturated rings. The van der Waals surface area contributed by atoms with Crippen LogP contribution in [0.2, 0.25) is 0 Å². The van der Waals surface area contributed by atoms with E-state index in [4.69, 9.17) is 0 Å². The van der Waals surface area contributed by atoms with Gasteiger partial charge in [-0.2, -0.15) is 5.10 Å². The van der Waals surface area contributed by atoms with E-state index in [2.05, 4.69) is 21.0 Å². The van der Waals surface area contributed by atoms with Crippen LogP contribution in [-0.4, -0.2) is 67.9 Å². The van der Waals surface area contributed by atoms with Gasteiger partial charge in [-0.3, -0.25) is 14.4 Å². The van der Waals surface area contributed by atoms with Crippen LogP contribution in [0.4, 0.5) is 0 Å². The Kier molecular flexibility index (Phi) is 5.52. The summed E-state index contributed by atoms with van der Waals surface area (Å²) in [5.74, 6) is 0.113. The minimum Gasteiger partial charge on any atom is -0.392 e. The number of aliphatic hydroxyl groups is 1. The van der Waals surface area contributed by atoms with E-state index in [1.165, 1.54) is 17.0 Å². The normalized spacial score (nSPS) is 22.4. The maximum absolute atomic E-state index is 12.9. The molecule has 0 aromatic carbocycles. The van der Waals surface area contributed by atoms with Crippen LogP contribution < -0.4 is 0 Å². The Balaban J connectivity index is 1.42. The Hall–Kier alpha value is -1.77. The highest BCUT2D eigenvalue weighted by Gasteiger charge is 2.42. The third-order valence-corrected chi connectivity index (χ3v) is 7.45. The molecule has 0 aliphatic carbocycles. The van der Waals surface area contributed by atoms with Gasteiger partial charge >= 0.3 is 0 Å². The van der Waals surface area contributed by atoms with Crippen molar-refractivity contribution in [2.75, 3.05) is 26.2 Å². The van der Waals surface area contributed by atoms with Crippen molar-refractivity contribution in [1.29, 1.82) is 0 Å². The number of rotatable bonds is 3. The zero-order chi connectivity index (χ0) is 20.8. The molecule has 7 nitrogen and oxygen atoms in total. The predicted molar refractivity (Wildman–Crippen MR) is 113 cm³/mol. The average molecular weight is 418 g/mol. The molecule has 158 valence electrons. The van der Waals surface area contributed by atoms with Gasteiger partial charge in [0, 0.05) is 39.8 Å². The molecule has 2 saturated heterocycles. The Morgan fingerprint density at radius 3 is 2.62 bits per heavy atom. The molecule has 0 radical (unpaired) electrons. The molecule has 2 aromatic heterocycles. The lowest BCUT2D eigenvalue weighted by molar-refractivity contribution is -0.0409. The van der Waals surface area contributed by atoms with Gasteiger partial charge in [0.05, 0.1) is 28.2 Å². The summed E-state index contributed by atoms with van der Waals surface area (Å²) in [5, 5.41) is 16.0. The summed E-state index contributed by atoms with van der Waals surface area (Å²) in [4.78, 5) is 22.5. The summed E-state index contributed by atoms with van der Waals surface area (Å²) in [7, 11) is 1.98. The van der Waals surface area contributed by atoms with Crippen LogP contribution in [0, 0.1) is 26.2 Å². The van der Waals surface area contributed by atoms with E-state index in [-0.39, 0.29) is 17.4 Å². The van der Waals surface area contributed by atoms with Crippen molar-refractivity contribution >= 4 is 17.2 Å². The number of thiazole rings is 1. The summed E-state index contributed by atoms with van der Waals surface area (Å²) in [5.41, 5.74) is 3.12. The third-order valence-electron chi connectivity index (χ3n) is 6.39. The number of hydrogen-bond acceptors (Lipinski definition) is 6. The van der Waals surface area contributed by atoms with E-state index in [1.807, 2.05) is 37.4 Å². The molecule has 4 heterocycles. The highest BCUT2D eigenvalue weighted by molar-refractivity contribution is 7.13. The van der Waals surface area contributed by atoms with Crippen LogP contribution in [0.25, 0.3) is 0 Å². The minimum atomic E-state index is -0.313. The largest absolute Gasteiger partial charge is 0.392 e. The SMILES string of the molecule is Cc1cc(CN2CC(O)CC3(CCN(C(=O)c4sc(C)nc4C)CC3)C2)n(C)n1. The molecule has 2 aromatic rings. The van der Waals surface area contributed by atoms with Crippen molar-refractivity contribution in [2.45, 2.75) is 52.7 Å². The van der Waals surface area contributed by atoms with Gasteiger partial charge < -0.3 is 10.0 Å². The highest BCUT2D eigenvalue weighted by Crippen LogP contribution is 2.41. The number of aromatic nitrogens is 3. The molecule has 1 unspecified atom stereocenters. The first-order valence-corrected chi connectivity index (χ1v) is 11.2. The molecule has 1 spiro atoms. The van der Waals surface area contributed by atoms with Crippen LogP contribution in [0.3, 0.4) is 0 Å². The summed E-state index contributed by atoms with van der Waals surface area (Å²) in [6.45, 7) is 9.84. The molecule has 8 heteroatoms. The number of aryl methyl sites for hydroxylation is 4. The zero-order valence-corrected chi connectivity index (χ0v) is 18.6. The van der Waals surface area contributed by atoms with Crippen molar-refractivity contribution < 1.29 is 9.90 Å². The van der Waals surface area contributed by atoms with Gasteiger partial charge in [-0.15, -0.1) is 11.3 Å². The lowest BCUT2D eigenvalue weighted by Gasteiger charge is -2.49. The third kappa shape index (κ3) is 4.25. The second kappa shape index (κ2) is 7.81. The number of carbonyl (C=O) groups is 1. The first-order chi connectivity index (χ1) is 13.7. The summed E-state index contributed by atoms with van der Waals surface area (Å²) in [6, 6.07) is 2.12. The maximum atomic E-state index is 12.9. The lowest BCUT2D eigenvalue weighted by atomic mass is 9.71. The summed E-state index contributed by atoms with van der Waals surface area (Å²) >= 11 is 1.49. The maximum Gasteiger partial charge on any atom is 0.265 e. The second-order valence-corrected chi connectivity index (χ2v) is 10.1. The Labute approximate surface area is 176 Å². The second-order valence-electron chi connectivity index (χ2n) is 8.87. The van der Waals surface area contributed by atoms with Gasteiger partial charge in [-0.25, -0.2) is 4.98 Å². The molecule has 2 aliphatic heterocycles. The van der Waals surface area contributed by atoms with E-state index in [0.717, 1.165) is 66.7 Å². The van der Waals surface area contributed by atoms with Gasteiger partial charge in [0.15, 0.2) is 0 Å². The predicted octanol–water partition coefficient (Wildman–Crippen LogP) is 2.29. The minimum absolute atomic E-state index is 0.0841. The van der Waals surface area contributed by atoms with Crippen molar-refractivity contribution in [3.05, 3.63) is 33.0 Å². The fourth-order valence-corrected chi connectivity index (χ4v) is 5.94. The van der Waals surface area contributed by atoms with E-state index >= 15 is 0 Å². The fraction of sp³-hybridized carbons (Fsp3) is 0.667. The number of nitrogens with zero attached hydrogens (tertiary/aromatic N) is 5. The number of amides is 1. The molecule has 0 saturated carbocycles. The highest BCUT2D eigenvalue weighted by atomic mass is 32.1. The van der Waals surface area contributed by atoms with Gasteiger partial charge in [0.1, 0.15) is 4.88 Å². The number of likely N-dealkylation sites (tertiary alicyclic amines) is 2. The Bertz CT molecular complexity index is 897. The standard InChI is InChI=1S/C21H31N5O2S/c1-14-9-17(24(4)23-14)11-25-12-18(27)10-21(13-25)5-7-26(8-6-21)20(28)19-15(2)22-16(3)29-19/h9,18,27H,5-8,10-13H2,1-4H3. The van der Waals surface area contributed by atoms with Crippen LogP contribution in [0.1, 0.15) is 51.0 Å².